The molecule has 2 aromatic carbocycles. The number of hydrogen-bond donors (Lipinski definition) is 0. The van der Waals surface area contributed by atoms with Crippen molar-refractivity contribution < 1.29 is 4.74 Å². The molecule has 4 aromatic rings. The number of rotatable bonds is 4. The second kappa shape index (κ2) is 6.90. The quantitative estimate of drug-likeness (QED) is 0.542. The fraction of sp³-hybridized carbons (Fsp3) is 0.105. The lowest BCUT2D eigenvalue weighted by atomic mass is 10.2. The lowest BCUT2D eigenvalue weighted by Crippen LogP contribution is -2.23. The van der Waals surface area contributed by atoms with E-state index < -0.39 is 0 Å². The summed E-state index contributed by atoms with van der Waals surface area (Å²) in [5.41, 5.74) is 1.43. The van der Waals surface area contributed by atoms with Gasteiger partial charge in [0.15, 0.2) is 5.82 Å². The van der Waals surface area contributed by atoms with Crippen LogP contribution in [0.25, 0.3) is 22.4 Å². The van der Waals surface area contributed by atoms with Gasteiger partial charge in [-0.15, -0.1) is 5.10 Å². The number of benzene rings is 2. The molecule has 0 spiro atoms. The maximum Gasteiger partial charge on any atom is 0.291 e. The fourth-order valence-corrected chi connectivity index (χ4v) is 3.70. The number of halogens is 1. The zero-order valence-corrected chi connectivity index (χ0v) is 15.4. The molecule has 7 heteroatoms. The highest BCUT2D eigenvalue weighted by molar-refractivity contribution is 7.15. The highest BCUT2D eigenvalue weighted by Crippen LogP contribution is 2.21. The SMILES string of the molecule is CCOc1ccccc1C=c1sc2nc(-c3cccc(Cl)c3)nn2c1=O. The first-order chi connectivity index (χ1) is 12.7. The predicted octanol–water partition coefficient (Wildman–Crippen LogP) is 3.42. The highest BCUT2D eigenvalue weighted by Gasteiger charge is 2.12. The Kier molecular flexibility index (Phi) is 4.44. The van der Waals surface area contributed by atoms with Crippen molar-refractivity contribution in [3.05, 3.63) is 74.0 Å². The average molecular weight is 384 g/mol. The van der Waals surface area contributed by atoms with E-state index in [1.165, 1.54) is 15.9 Å². The third-order valence-corrected chi connectivity index (χ3v) is 4.96. The number of hydrogen-bond acceptors (Lipinski definition) is 5. The second-order valence-electron chi connectivity index (χ2n) is 5.53. The van der Waals surface area contributed by atoms with Crippen molar-refractivity contribution in [3.8, 4) is 17.1 Å². The van der Waals surface area contributed by atoms with Gasteiger partial charge in [0, 0.05) is 16.1 Å². The molecule has 5 nitrogen and oxygen atoms in total. The summed E-state index contributed by atoms with van der Waals surface area (Å²) < 4.78 is 7.50. The molecule has 0 radical (unpaired) electrons. The van der Waals surface area contributed by atoms with Crippen LogP contribution in [0.1, 0.15) is 12.5 Å². The van der Waals surface area contributed by atoms with Gasteiger partial charge in [0.25, 0.3) is 5.56 Å². The van der Waals surface area contributed by atoms with Gasteiger partial charge < -0.3 is 4.74 Å². The lowest BCUT2D eigenvalue weighted by molar-refractivity contribution is 0.339. The van der Waals surface area contributed by atoms with Gasteiger partial charge in [-0.3, -0.25) is 4.79 Å². The number of aromatic nitrogens is 3. The van der Waals surface area contributed by atoms with Gasteiger partial charge >= 0.3 is 0 Å². The molecule has 0 saturated heterocycles. The Morgan fingerprint density at radius 3 is 2.85 bits per heavy atom. The van der Waals surface area contributed by atoms with E-state index in [1.54, 1.807) is 12.1 Å². The Balaban J connectivity index is 1.81. The molecule has 0 unspecified atom stereocenters. The molecule has 0 N–H and O–H groups in total. The maximum atomic E-state index is 12.7. The van der Waals surface area contributed by atoms with Crippen LogP contribution in [0.2, 0.25) is 5.02 Å². The molecule has 26 heavy (non-hydrogen) atoms. The third-order valence-electron chi connectivity index (χ3n) is 3.77. The normalized spacial score (nSPS) is 12.0. The molecule has 0 aliphatic carbocycles. The van der Waals surface area contributed by atoms with E-state index in [0.717, 1.165) is 16.9 Å². The summed E-state index contributed by atoms with van der Waals surface area (Å²) in [6, 6.07) is 14.9. The van der Waals surface area contributed by atoms with Crippen LogP contribution in [0.4, 0.5) is 0 Å². The minimum Gasteiger partial charge on any atom is -0.493 e. The van der Waals surface area contributed by atoms with Crippen LogP contribution in [-0.4, -0.2) is 21.2 Å². The molecule has 0 aliphatic heterocycles. The molecule has 2 heterocycles. The van der Waals surface area contributed by atoms with E-state index in [0.29, 0.717) is 26.9 Å². The molecule has 4 rings (SSSR count). The molecule has 0 saturated carbocycles. The summed E-state index contributed by atoms with van der Waals surface area (Å²) in [7, 11) is 0. The van der Waals surface area contributed by atoms with E-state index in [-0.39, 0.29) is 5.56 Å². The molecule has 0 atom stereocenters. The van der Waals surface area contributed by atoms with E-state index in [9.17, 15) is 4.79 Å². The van der Waals surface area contributed by atoms with Gasteiger partial charge in [0.05, 0.1) is 11.1 Å². The van der Waals surface area contributed by atoms with E-state index in [1.807, 2.05) is 49.4 Å². The molecular formula is C19H14ClN3O2S. The van der Waals surface area contributed by atoms with Crippen LogP contribution in [0, 0.1) is 0 Å². The Morgan fingerprint density at radius 1 is 1.23 bits per heavy atom. The monoisotopic (exact) mass is 383 g/mol. The van der Waals surface area contributed by atoms with Crippen LogP contribution >= 0.6 is 22.9 Å². The number of nitrogens with zero attached hydrogens (tertiary/aromatic N) is 3. The van der Waals surface area contributed by atoms with Crippen LogP contribution < -0.4 is 14.8 Å². The molecule has 0 fully saturated rings. The van der Waals surface area contributed by atoms with Crippen molar-refractivity contribution >= 4 is 34.0 Å². The van der Waals surface area contributed by atoms with Gasteiger partial charge in [-0.25, -0.2) is 0 Å². The topological polar surface area (TPSA) is 56.5 Å². The summed E-state index contributed by atoms with van der Waals surface area (Å²) >= 11 is 7.31. The predicted molar refractivity (Wildman–Crippen MR) is 104 cm³/mol. The first-order valence-corrected chi connectivity index (χ1v) is 9.24. The average Bonchev–Trinajstić information content (AvgIpc) is 3.17. The summed E-state index contributed by atoms with van der Waals surface area (Å²) in [6.45, 7) is 2.49. The number of thiazole rings is 1. The van der Waals surface area contributed by atoms with E-state index in [2.05, 4.69) is 10.1 Å². The Hall–Kier alpha value is -2.70. The van der Waals surface area contributed by atoms with Gasteiger partial charge in [0.2, 0.25) is 4.96 Å². The maximum absolute atomic E-state index is 12.7. The first-order valence-electron chi connectivity index (χ1n) is 8.05. The number of fused-ring (bicyclic) bond motifs is 1. The van der Waals surface area contributed by atoms with Crippen molar-refractivity contribution in [1.82, 2.24) is 14.6 Å². The van der Waals surface area contributed by atoms with E-state index >= 15 is 0 Å². The zero-order valence-electron chi connectivity index (χ0n) is 13.8. The van der Waals surface area contributed by atoms with E-state index in [4.69, 9.17) is 16.3 Å². The van der Waals surface area contributed by atoms with Gasteiger partial charge in [-0.2, -0.15) is 9.50 Å². The van der Waals surface area contributed by atoms with Crippen LogP contribution in [0.3, 0.4) is 0 Å². The Bertz CT molecular complexity index is 1200. The van der Waals surface area contributed by atoms with Crippen LogP contribution in [-0.2, 0) is 0 Å². The van der Waals surface area contributed by atoms with Crippen molar-refractivity contribution in [2.45, 2.75) is 6.92 Å². The van der Waals surface area contributed by atoms with Crippen molar-refractivity contribution in [1.29, 1.82) is 0 Å². The van der Waals surface area contributed by atoms with Gasteiger partial charge in [0.1, 0.15) is 5.75 Å². The standard InChI is InChI=1S/C19H14ClN3O2S/c1-2-25-15-9-4-3-6-12(15)11-16-18(24)23-19(26-16)21-17(22-23)13-7-5-8-14(20)10-13/h3-11H,2H2,1H3. The Morgan fingerprint density at radius 2 is 2.08 bits per heavy atom. The number of ether oxygens (including phenoxy) is 1. The summed E-state index contributed by atoms with van der Waals surface area (Å²) in [6.07, 6.45) is 1.81. The molecule has 0 bridgehead atoms. The second-order valence-corrected chi connectivity index (χ2v) is 6.97. The lowest BCUT2D eigenvalue weighted by Gasteiger charge is -2.05. The van der Waals surface area contributed by atoms with Gasteiger partial charge in [-0.1, -0.05) is 53.3 Å². The largest absolute Gasteiger partial charge is 0.493 e. The minimum atomic E-state index is -0.197. The van der Waals surface area contributed by atoms with Crippen molar-refractivity contribution in [2.75, 3.05) is 6.61 Å². The minimum absolute atomic E-state index is 0.197. The van der Waals surface area contributed by atoms with Crippen LogP contribution in [0.5, 0.6) is 5.75 Å². The molecule has 0 aliphatic rings. The fourth-order valence-electron chi connectivity index (χ4n) is 2.61. The molecule has 0 amide bonds. The summed E-state index contributed by atoms with van der Waals surface area (Å²) in [4.78, 5) is 17.7. The molecular weight excluding hydrogens is 370 g/mol. The first kappa shape index (κ1) is 16.8. The van der Waals surface area contributed by atoms with Crippen molar-refractivity contribution in [3.63, 3.8) is 0 Å². The van der Waals surface area contributed by atoms with Crippen molar-refractivity contribution in [2.24, 2.45) is 0 Å². The zero-order chi connectivity index (χ0) is 18.1. The van der Waals surface area contributed by atoms with Crippen LogP contribution in [0.15, 0.2) is 53.3 Å². The third kappa shape index (κ3) is 3.09. The highest BCUT2D eigenvalue weighted by atomic mass is 35.5. The number of para-hydroxylation sites is 1. The summed E-state index contributed by atoms with van der Waals surface area (Å²) in [5.74, 6) is 1.23. The Labute approximate surface area is 158 Å². The molecule has 130 valence electrons. The molecule has 2 aromatic heterocycles. The summed E-state index contributed by atoms with van der Waals surface area (Å²) in [5, 5.41) is 4.94. The smallest absolute Gasteiger partial charge is 0.291 e. The van der Waals surface area contributed by atoms with Gasteiger partial charge in [-0.05, 0) is 31.2 Å².